The largest absolute Gasteiger partial charge is 0.352 e. The van der Waals surface area contributed by atoms with E-state index in [1.165, 1.54) is 11.8 Å². The SMILES string of the molecule is CCCCCNC(=O)c1ccc2c(c1)SC1=NS(=O)(=O)CCN12. The van der Waals surface area contributed by atoms with Gasteiger partial charge in [0.25, 0.3) is 15.9 Å². The molecule has 0 fully saturated rings. The predicted octanol–water partition coefficient (Wildman–Crippen LogP) is 2.22. The zero-order valence-corrected chi connectivity index (χ0v) is 14.5. The van der Waals surface area contributed by atoms with E-state index < -0.39 is 10.0 Å². The fourth-order valence-corrected chi connectivity index (χ4v) is 4.85. The first-order chi connectivity index (χ1) is 11.0. The van der Waals surface area contributed by atoms with Gasteiger partial charge in [-0.3, -0.25) is 4.79 Å². The Labute approximate surface area is 140 Å². The molecule has 0 aliphatic carbocycles. The van der Waals surface area contributed by atoms with Crippen LogP contribution in [0.2, 0.25) is 0 Å². The van der Waals surface area contributed by atoms with Gasteiger partial charge >= 0.3 is 0 Å². The molecule has 0 radical (unpaired) electrons. The molecule has 124 valence electrons. The van der Waals surface area contributed by atoms with E-state index in [4.69, 9.17) is 0 Å². The van der Waals surface area contributed by atoms with Gasteiger partial charge in [0.1, 0.15) is 0 Å². The number of anilines is 1. The lowest BCUT2D eigenvalue weighted by atomic mass is 10.1. The Morgan fingerprint density at radius 2 is 2.22 bits per heavy atom. The first-order valence-corrected chi connectivity index (χ1v) is 10.1. The van der Waals surface area contributed by atoms with Gasteiger partial charge in [-0.05, 0) is 36.4 Å². The number of unbranched alkanes of at least 4 members (excludes halogenated alkanes) is 2. The number of thioether (sulfide) groups is 1. The Kier molecular flexibility index (Phi) is 4.63. The van der Waals surface area contributed by atoms with Crippen molar-refractivity contribution in [1.82, 2.24) is 5.32 Å². The molecular formula is C15H19N3O3S2. The zero-order valence-electron chi connectivity index (χ0n) is 12.9. The molecule has 0 saturated carbocycles. The van der Waals surface area contributed by atoms with Crippen molar-refractivity contribution in [2.45, 2.75) is 31.1 Å². The Morgan fingerprint density at radius 3 is 3.00 bits per heavy atom. The number of nitrogens with zero attached hydrogens (tertiary/aromatic N) is 2. The minimum absolute atomic E-state index is 0.0240. The molecule has 1 aromatic rings. The highest BCUT2D eigenvalue weighted by Gasteiger charge is 2.33. The van der Waals surface area contributed by atoms with E-state index in [0.29, 0.717) is 23.8 Å². The predicted molar refractivity (Wildman–Crippen MR) is 92.7 cm³/mol. The molecule has 3 rings (SSSR count). The first-order valence-electron chi connectivity index (χ1n) is 7.70. The number of sulfonamides is 1. The molecule has 6 nitrogen and oxygen atoms in total. The topological polar surface area (TPSA) is 78.8 Å². The highest BCUT2D eigenvalue weighted by molar-refractivity contribution is 8.15. The molecule has 0 bridgehead atoms. The number of hydrogen-bond donors (Lipinski definition) is 1. The van der Waals surface area contributed by atoms with Crippen molar-refractivity contribution in [3.05, 3.63) is 23.8 Å². The Morgan fingerprint density at radius 1 is 1.39 bits per heavy atom. The number of nitrogens with one attached hydrogen (secondary N) is 1. The van der Waals surface area contributed by atoms with Crippen LogP contribution in [0.4, 0.5) is 5.69 Å². The summed E-state index contributed by atoms with van der Waals surface area (Å²) in [5, 5.41) is 3.39. The van der Waals surface area contributed by atoms with Crippen LogP contribution in [0.1, 0.15) is 36.5 Å². The van der Waals surface area contributed by atoms with E-state index in [0.717, 1.165) is 29.8 Å². The highest BCUT2D eigenvalue weighted by Crippen LogP contribution is 2.42. The van der Waals surface area contributed by atoms with Gasteiger partial charge in [-0.25, -0.2) is 8.42 Å². The van der Waals surface area contributed by atoms with Crippen molar-refractivity contribution in [2.75, 3.05) is 23.7 Å². The standard InChI is InChI=1S/C15H19N3O3S2/c1-2-3-4-7-16-14(19)11-5-6-12-13(10-11)22-15-17-23(20,21)9-8-18(12)15/h5-6,10H,2-4,7-9H2,1H3,(H,16,19). The van der Waals surface area contributed by atoms with Gasteiger partial charge in [-0.1, -0.05) is 19.8 Å². The first kappa shape index (κ1) is 16.3. The number of hydrogen-bond acceptors (Lipinski definition) is 5. The van der Waals surface area contributed by atoms with Crippen molar-refractivity contribution in [3.8, 4) is 0 Å². The van der Waals surface area contributed by atoms with Crippen molar-refractivity contribution >= 4 is 38.5 Å². The summed E-state index contributed by atoms with van der Waals surface area (Å²) >= 11 is 1.30. The smallest absolute Gasteiger partial charge is 0.257 e. The van der Waals surface area contributed by atoms with Crippen LogP contribution in [0.25, 0.3) is 0 Å². The Bertz CT molecular complexity index is 759. The summed E-state index contributed by atoms with van der Waals surface area (Å²) in [4.78, 5) is 14.9. The van der Waals surface area contributed by atoms with Crippen molar-refractivity contribution < 1.29 is 13.2 Å². The van der Waals surface area contributed by atoms with Gasteiger partial charge in [0.2, 0.25) is 0 Å². The van der Waals surface area contributed by atoms with Crippen LogP contribution in [0, 0.1) is 0 Å². The van der Waals surface area contributed by atoms with Crippen molar-refractivity contribution in [1.29, 1.82) is 0 Å². The van der Waals surface area contributed by atoms with Crippen LogP contribution < -0.4 is 10.2 Å². The third-order valence-corrected chi connectivity index (χ3v) is 6.11. The molecular weight excluding hydrogens is 334 g/mol. The van der Waals surface area contributed by atoms with Gasteiger partial charge in [0.05, 0.1) is 11.4 Å². The maximum atomic E-state index is 12.2. The molecule has 2 heterocycles. The summed E-state index contributed by atoms with van der Waals surface area (Å²) < 4.78 is 27.0. The maximum absolute atomic E-state index is 12.2. The fourth-order valence-electron chi connectivity index (χ4n) is 2.55. The third kappa shape index (κ3) is 3.53. The average molecular weight is 353 g/mol. The summed E-state index contributed by atoms with van der Waals surface area (Å²) in [7, 11) is -3.35. The summed E-state index contributed by atoms with van der Waals surface area (Å²) in [6.07, 6.45) is 3.19. The van der Waals surface area contributed by atoms with Gasteiger partial charge in [-0.15, -0.1) is 4.40 Å². The second-order valence-corrected chi connectivity index (χ2v) is 8.32. The number of carbonyl (C=O) groups excluding carboxylic acids is 1. The molecule has 1 N–H and O–H groups in total. The number of amides is 1. The minimum atomic E-state index is -3.35. The van der Waals surface area contributed by atoms with Gasteiger partial charge < -0.3 is 10.2 Å². The van der Waals surface area contributed by atoms with Crippen LogP contribution in [-0.2, 0) is 10.0 Å². The van der Waals surface area contributed by atoms with Crippen molar-refractivity contribution in [3.63, 3.8) is 0 Å². The molecule has 23 heavy (non-hydrogen) atoms. The molecule has 0 aromatic heterocycles. The van der Waals surface area contributed by atoms with Crippen LogP contribution in [0.15, 0.2) is 27.5 Å². The molecule has 1 aromatic carbocycles. The monoisotopic (exact) mass is 353 g/mol. The van der Waals surface area contributed by atoms with E-state index >= 15 is 0 Å². The molecule has 0 spiro atoms. The third-order valence-electron chi connectivity index (χ3n) is 3.80. The number of amidine groups is 1. The van der Waals surface area contributed by atoms with E-state index in [-0.39, 0.29) is 11.7 Å². The Balaban J connectivity index is 1.74. The zero-order chi connectivity index (χ0) is 16.4. The quantitative estimate of drug-likeness (QED) is 0.821. The number of rotatable bonds is 5. The molecule has 2 aliphatic heterocycles. The minimum Gasteiger partial charge on any atom is -0.352 e. The van der Waals surface area contributed by atoms with Crippen LogP contribution >= 0.6 is 11.8 Å². The normalized spacial score (nSPS) is 18.1. The molecule has 1 amide bonds. The maximum Gasteiger partial charge on any atom is 0.257 e. The fraction of sp³-hybridized carbons (Fsp3) is 0.467. The van der Waals surface area contributed by atoms with E-state index in [2.05, 4.69) is 16.6 Å². The van der Waals surface area contributed by atoms with Crippen LogP contribution in [0.5, 0.6) is 0 Å². The summed E-state index contributed by atoms with van der Waals surface area (Å²) in [5.41, 5.74) is 1.52. The summed E-state index contributed by atoms with van der Waals surface area (Å²) in [6.45, 7) is 3.20. The lowest BCUT2D eigenvalue weighted by Crippen LogP contribution is -2.35. The van der Waals surface area contributed by atoms with Crippen LogP contribution in [-0.4, -0.2) is 38.3 Å². The summed E-state index contributed by atoms with van der Waals surface area (Å²) in [6, 6.07) is 5.45. The number of benzene rings is 1. The van der Waals surface area contributed by atoms with Crippen LogP contribution in [0.3, 0.4) is 0 Å². The highest BCUT2D eigenvalue weighted by atomic mass is 32.2. The molecule has 8 heteroatoms. The molecule has 0 saturated heterocycles. The lowest BCUT2D eigenvalue weighted by molar-refractivity contribution is 0.0952. The van der Waals surface area contributed by atoms with E-state index in [9.17, 15) is 13.2 Å². The Hall–Kier alpha value is -1.54. The van der Waals surface area contributed by atoms with E-state index in [1.807, 2.05) is 17.0 Å². The van der Waals surface area contributed by atoms with Gasteiger partial charge in [0.15, 0.2) is 5.17 Å². The lowest BCUT2D eigenvalue weighted by Gasteiger charge is -2.22. The number of fused-ring (bicyclic) bond motifs is 3. The number of carbonyl (C=O) groups is 1. The van der Waals surface area contributed by atoms with Gasteiger partial charge in [0, 0.05) is 23.5 Å². The molecule has 2 aliphatic rings. The second-order valence-electron chi connectivity index (χ2n) is 5.56. The summed E-state index contributed by atoms with van der Waals surface area (Å²) in [5.74, 6) is -0.0696. The van der Waals surface area contributed by atoms with Gasteiger partial charge in [-0.2, -0.15) is 0 Å². The van der Waals surface area contributed by atoms with Crippen molar-refractivity contribution in [2.24, 2.45) is 4.40 Å². The average Bonchev–Trinajstić information content (AvgIpc) is 2.86. The molecule has 0 atom stereocenters. The molecule has 0 unspecified atom stereocenters. The van der Waals surface area contributed by atoms with E-state index in [1.54, 1.807) is 6.07 Å². The second kappa shape index (κ2) is 6.52.